The minimum absolute atomic E-state index is 0.0281. The average molecular weight is 253 g/mol. The molecule has 0 unspecified atom stereocenters. The van der Waals surface area contributed by atoms with E-state index in [2.05, 4.69) is 18.8 Å². The van der Waals surface area contributed by atoms with Crippen molar-refractivity contribution in [3.63, 3.8) is 0 Å². The van der Waals surface area contributed by atoms with E-state index in [1.54, 1.807) is 6.07 Å². The first-order chi connectivity index (χ1) is 8.45. The molecule has 1 heterocycles. The number of pyridine rings is 1. The molecule has 0 amide bonds. The molecule has 0 saturated carbocycles. The third-order valence-corrected chi connectivity index (χ3v) is 2.48. The second-order valence-electron chi connectivity index (χ2n) is 4.74. The number of nitrogens with two attached hydrogens (primary N) is 1. The van der Waals surface area contributed by atoms with Crippen LogP contribution in [0.2, 0.25) is 0 Å². The summed E-state index contributed by atoms with van der Waals surface area (Å²) >= 11 is 0. The Bertz CT molecular complexity index is 380. The van der Waals surface area contributed by atoms with E-state index in [0.29, 0.717) is 18.1 Å². The average Bonchev–Trinajstić information content (AvgIpc) is 2.28. The van der Waals surface area contributed by atoms with E-state index < -0.39 is 0 Å². The summed E-state index contributed by atoms with van der Waals surface area (Å²) in [5.41, 5.74) is 6.36. The molecule has 1 aromatic rings. The summed E-state index contributed by atoms with van der Waals surface area (Å²) in [4.78, 5) is 6.43. The van der Waals surface area contributed by atoms with Crippen LogP contribution in [0.1, 0.15) is 27.7 Å². The van der Waals surface area contributed by atoms with E-state index in [0.717, 1.165) is 5.82 Å². The molecule has 0 aromatic carbocycles. The van der Waals surface area contributed by atoms with Gasteiger partial charge < -0.3 is 20.5 Å². The van der Waals surface area contributed by atoms with E-state index in [1.165, 1.54) is 0 Å². The van der Waals surface area contributed by atoms with E-state index in [9.17, 15) is 0 Å². The summed E-state index contributed by atoms with van der Waals surface area (Å²) in [6.45, 7) is 8.59. The highest BCUT2D eigenvalue weighted by atomic mass is 16.5. The number of hydrogen-bond donors (Lipinski definition) is 2. The first-order valence-electron chi connectivity index (χ1n) is 6.26. The maximum atomic E-state index is 9.09. The highest BCUT2D eigenvalue weighted by Gasteiger charge is 2.14. The Kier molecular flexibility index (Phi) is 5.22. The summed E-state index contributed by atoms with van der Waals surface area (Å²) in [5.74, 6) is 1.22. The van der Waals surface area contributed by atoms with Gasteiger partial charge in [-0.05, 0) is 39.8 Å². The number of rotatable bonds is 6. The fraction of sp³-hybridized carbons (Fsp3) is 0.615. The van der Waals surface area contributed by atoms with Gasteiger partial charge >= 0.3 is 0 Å². The number of aliphatic hydroxyl groups is 1. The van der Waals surface area contributed by atoms with Crippen LogP contribution in [0.25, 0.3) is 0 Å². The molecule has 0 atom stereocenters. The Morgan fingerprint density at radius 1 is 1.33 bits per heavy atom. The molecule has 5 nitrogen and oxygen atoms in total. The Balaban J connectivity index is 3.01. The molecular weight excluding hydrogens is 230 g/mol. The highest BCUT2D eigenvalue weighted by Crippen LogP contribution is 2.24. The predicted octanol–water partition coefficient (Wildman–Crippen LogP) is 1.66. The van der Waals surface area contributed by atoms with Gasteiger partial charge in [-0.1, -0.05) is 0 Å². The van der Waals surface area contributed by atoms with Gasteiger partial charge in [-0.25, -0.2) is 0 Å². The van der Waals surface area contributed by atoms with E-state index >= 15 is 0 Å². The smallest absolute Gasteiger partial charge is 0.239 e. The van der Waals surface area contributed by atoms with E-state index in [4.69, 9.17) is 15.6 Å². The normalized spacial score (nSPS) is 11.1. The molecule has 18 heavy (non-hydrogen) atoms. The van der Waals surface area contributed by atoms with Crippen LogP contribution >= 0.6 is 0 Å². The van der Waals surface area contributed by atoms with Crippen LogP contribution < -0.4 is 15.4 Å². The number of nitrogens with zero attached hydrogens (tertiary/aromatic N) is 2. The fourth-order valence-corrected chi connectivity index (χ4v) is 1.66. The second kappa shape index (κ2) is 6.44. The van der Waals surface area contributed by atoms with Gasteiger partial charge in [-0.15, -0.1) is 0 Å². The van der Waals surface area contributed by atoms with Crippen LogP contribution in [0.5, 0.6) is 5.88 Å². The number of nitrogen functional groups attached to an aromatic ring is 1. The number of anilines is 2. The fourth-order valence-electron chi connectivity index (χ4n) is 1.66. The summed E-state index contributed by atoms with van der Waals surface area (Å²) < 4.78 is 5.57. The van der Waals surface area contributed by atoms with Crippen molar-refractivity contribution in [2.75, 3.05) is 23.8 Å². The number of aromatic nitrogens is 1. The third kappa shape index (κ3) is 3.77. The van der Waals surface area contributed by atoms with Crippen molar-refractivity contribution in [3.8, 4) is 5.88 Å². The summed E-state index contributed by atoms with van der Waals surface area (Å²) in [6, 6.07) is 3.88. The van der Waals surface area contributed by atoms with Gasteiger partial charge in [-0.2, -0.15) is 4.98 Å². The Morgan fingerprint density at radius 3 is 2.50 bits per heavy atom. The molecule has 0 saturated heterocycles. The Hall–Kier alpha value is -1.49. The van der Waals surface area contributed by atoms with Crippen LogP contribution in [-0.2, 0) is 0 Å². The molecule has 0 radical (unpaired) electrons. The van der Waals surface area contributed by atoms with E-state index in [1.807, 2.05) is 24.8 Å². The molecule has 5 heteroatoms. The maximum Gasteiger partial charge on any atom is 0.239 e. The van der Waals surface area contributed by atoms with Crippen molar-refractivity contribution in [3.05, 3.63) is 12.1 Å². The minimum atomic E-state index is 0.0281. The van der Waals surface area contributed by atoms with Gasteiger partial charge in [0.15, 0.2) is 0 Å². The quantitative estimate of drug-likeness (QED) is 0.806. The van der Waals surface area contributed by atoms with Gasteiger partial charge in [0, 0.05) is 12.6 Å². The number of hydrogen-bond acceptors (Lipinski definition) is 5. The van der Waals surface area contributed by atoms with Crippen LogP contribution in [0.15, 0.2) is 12.1 Å². The van der Waals surface area contributed by atoms with Crippen LogP contribution in [0, 0.1) is 0 Å². The summed E-state index contributed by atoms with van der Waals surface area (Å²) in [5, 5.41) is 9.09. The molecule has 0 aliphatic carbocycles. The van der Waals surface area contributed by atoms with Gasteiger partial charge in [0.1, 0.15) is 5.82 Å². The largest absolute Gasteiger partial charge is 0.473 e. The lowest BCUT2D eigenvalue weighted by molar-refractivity contribution is 0.234. The topological polar surface area (TPSA) is 71.6 Å². The molecule has 3 N–H and O–H groups in total. The monoisotopic (exact) mass is 253 g/mol. The summed E-state index contributed by atoms with van der Waals surface area (Å²) in [7, 11) is 0. The summed E-state index contributed by atoms with van der Waals surface area (Å²) in [6.07, 6.45) is 0.0281. The molecule has 0 bridgehead atoms. The zero-order valence-corrected chi connectivity index (χ0v) is 11.6. The van der Waals surface area contributed by atoms with Crippen molar-refractivity contribution < 1.29 is 9.84 Å². The zero-order chi connectivity index (χ0) is 13.7. The molecule has 0 spiro atoms. The second-order valence-corrected chi connectivity index (χ2v) is 4.74. The third-order valence-electron chi connectivity index (χ3n) is 2.48. The van der Waals surface area contributed by atoms with Crippen molar-refractivity contribution in [1.29, 1.82) is 0 Å². The van der Waals surface area contributed by atoms with Crippen molar-refractivity contribution >= 4 is 11.5 Å². The molecule has 0 aliphatic heterocycles. The van der Waals surface area contributed by atoms with Crippen molar-refractivity contribution in [2.24, 2.45) is 0 Å². The first-order valence-corrected chi connectivity index (χ1v) is 6.26. The van der Waals surface area contributed by atoms with Gasteiger partial charge in [0.2, 0.25) is 5.88 Å². The predicted molar refractivity (Wildman–Crippen MR) is 74.0 cm³/mol. The lowest BCUT2D eigenvalue weighted by Crippen LogP contribution is -2.34. The maximum absolute atomic E-state index is 9.09. The van der Waals surface area contributed by atoms with Gasteiger partial charge in [0.25, 0.3) is 0 Å². The van der Waals surface area contributed by atoms with Crippen molar-refractivity contribution in [2.45, 2.75) is 39.8 Å². The zero-order valence-electron chi connectivity index (χ0n) is 11.6. The van der Waals surface area contributed by atoms with Crippen LogP contribution in [0.4, 0.5) is 11.5 Å². The van der Waals surface area contributed by atoms with Crippen molar-refractivity contribution in [1.82, 2.24) is 4.98 Å². The van der Waals surface area contributed by atoms with Crippen LogP contribution in [0.3, 0.4) is 0 Å². The highest BCUT2D eigenvalue weighted by molar-refractivity contribution is 5.54. The molecular formula is C13H23N3O2. The number of ether oxygens (including phenoxy) is 1. The standard InChI is InChI=1S/C13H23N3O2/c1-9(2)16(7-8-17)12-6-5-11(14)13(15-12)18-10(3)4/h5-6,9-10,17H,7-8,14H2,1-4H3. The Morgan fingerprint density at radius 2 is 2.00 bits per heavy atom. The molecule has 102 valence electrons. The minimum Gasteiger partial charge on any atom is -0.473 e. The lowest BCUT2D eigenvalue weighted by atomic mass is 10.3. The SMILES string of the molecule is CC(C)Oc1nc(N(CCO)C(C)C)ccc1N. The van der Waals surface area contributed by atoms with Crippen LogP contribution in [-0.4, -0.2) is 35.4 Å². The number of aliphatic hydroxyl groups excluding tert-OH is 1. The first kappa shape index (κ1) is 14.6. The lowest BCUT2D eigenvalue weighted by Gasteiger charge is -2.27. The molecule has 0 aliphatic rings. The Labute approximate surface area is 109 Å². The molecule has 1 aromatic heterocycles. The molecule has 0 fully saturated rings. The van der Waals surface area contributed by atoms with Gasteiger partial charge in [-0.3, -0.25) is 0 Å². The van der Waals surface area contributed by atoms with Gasteiger partial charge in [0.05, 0.1) is 18.4 Å². The molecule has 1 rings (SSSR count). The van der Waals surface area contributed by atoms with E-state index in [-0.39, 0.29) is 18.8 Å².